The summed E-state index contributed by atoms with van der Waals surface area (Å²) in [5.74, 6) is -0.182. The van der Waals surface area contributed by atoms with Crippen LogP contribution in [0.3, 0.4) is 0 Å². The maximum Gasteiger partial charge on any atom is 0.266 e. The topological polar surface area (TPSA) is 100 Å². The van der Waals surface area contributed by atoms with E-state index in [-0.39, 0.29) is 18.1 Å². The quantitative estimate of drug-likeness (QED) is 0.300. The first-order chi connectivity index (χ1) is 16.9. The van der Waals surface area contributed by atoms with Crippen LogP contribution in [0.15, 0.2) is 72.3 Å². The van der Waals surface area contributed by atoms with Crippen LogP contribution in [0.5, 0.6) is 11.5 Å². The lowest BCUT2D eigenvalue weighted by Gasteiger charge is -2.13. The molecule has 0 radical (unpaired) electrons. The van der Waals surface area contributed by atoms with Gasteiger partial charge in [0.2, 0.25) is 0 Å². The summed E-state index contributed by atoms with van der Waals surface area (Å²) in [7, 11) is 0. The van der Waals surface area contributed by atoms with Crippen LogP contribution in [0.25, 0.3) is 6.08 Å². The fourth-order valence-electron chi connectivity index (χ4n) is 3.04. The van der Waals surface area contributed by atoms with Gasteiger partial charge in [-0.1, -0.05) is 47.5 Å². The smallest absolute Gasteiger partial charge is 0.266 e. The second-order valence-corrected chi connectivity index (χ2v) is 7.85. The molecule has 7 nitrogen and oxygen atoms in total. The van der Waals surface area contributed by atoms with Crippen molar-refractivity contribution in [3.8, 4) is 17.6 Å². The summed E-state index contributed by atoms with van der Waals surface area (Å²) in [5, 5.41) is 15.3. The van der Waals surface area contributed by atoms with Gasteiger partial charge < -0.3 is 20.1 Å². The minimum absolute atomic E-state index is 0.0687. The maximum atomic E-state index is 12.6. The van der Waals surface area contributed by atoms with E-state index in [1.807, 2.05) is 32.0 Å². The van der Waals surface area contributed by atoms with Crippen LogP contribution in [0.4, 0.5) is 11.4 Å². The first-order valence-electron chi connectivity index (χ1n) is 10.8. The van der Waals surface area contributed by atoms with Crippen LogP contribution in [0, 0.1) is 18.3 Å². The van der Waals surface area contributed by atoms with Gasteiger partial charge in [0.05, 0.1) is 17.3 Å². The highest BCUT2D eigenvalue weighted by molar-refractivity contribution is 6.33. The number of rotatable bonds is 9. The first-order valence-corrected chi connectivity index (χ1v) is 11.2. The third kappa shape index (κ3) is 7.36. The van der Waals surface area contributed by atoms with Crippen LogP contribution in [-0.4, -0.2) is 25.0 Å². The van der Waals surface area contributed by atoms with Crippen molar-refractivity contribution in [1.29, 1.82) is 5.26 Å². The van der Waals surface area contributed by atoms with Crippen molar-refractivity contribution >= 4 is 40.9 Å². The van der Waals surface area contributed by atoms with E-state index in [1.54, 1.807) is 54.6 Å². The molecule has 0 heterocycles. The molecule has 8 heteroatoms. The molecule has 3 rings (SSSR count). The highest BCUT2D eigenvalue weighted by Gasteiger charge is 2.13. The van der Waals surface area contributed by atoms with E-state index >= 15 is 0 Å². The minimum atomic E-state index is -0.522. The number of anilines is 2. The largest absolute Gasteiger partial charge is 0.490 e. The number of amides is 2. The minimum Gasteiger partial charge on any atom is -0.490 e. The highest BCUT2D eigenvalue weighted by Crippen LogP contribution is 2.30. The van der Waals surface area contributed by atoms with E-state index in [9.17, 15) is 14.9 Å². The Morgan fingerprint density at radius 3 is 2.43 bits per heavy atom. The summed E-state index contributed by atoms with van der Waals surface area (Å²) in [6.07, 6.45) is 1.46. The van der Waals surface area contributed by atoms with E-state index in [0.29, 0.717) is 40.1 Å². The van der Waals surface area contributed by atoms with Crippen molar-refractivity contribution in [3.63, 3.8) is 0 Å². The molecular weight excluding hydrogens is 466 g/mol. The van der Waals surface area contributed by atoms with E-state index in [2.05, 4.69) is 10.6 Å². The van der Waals surface area contributed by atoms with Gasteiger partial charge in [-0.25, -0.2) is 0 Å². The molecule has 2 amide bonds. The highest BCUT2D eigenvalue weighted by atomic mass is 35.5. The molecular formula is C27H24ClN3O4. The number of halogens is 1. The van der Waals surface area contributed by atoms with Gasteiger partial charge in [0.25, 0.3) is 11.8 Å². The Hall–Kier alpha value is -4.28. The molecule has 0 bridgehead atoms. The first kappa shape index (κ1) is 25.3. The van der Waals surface area contributed by atoms with Crippen LogP contribution in [0.2, 0.25) is 5.02 Å². The number of hydrogen-bond donors (Lipinski definition) is 2. The van der Waals surface area contributed by atoms with E-state index in [1.165, 1.54) is 6.08 Å². The normalized spacial score (nSPS) is 10.7. The average molecular weight is 490 g/mol. The van der Waals surface area contributed by atoms with Crippen molar-refractivity contribution in [2.24, 2.45) is 0 Å². The van der Waals surface area contributed by atoms with E-state index in [4.69, 9.17) is 21.1 Å². The number of carbonyl (C=O) groups is 2. The molecule has 0 saturated heterocycles. The summed E-state index contributed by atoms with van der Waals surface area (Å²) in [6.45, 7) is 3.85. The second-order valence-electron chi connectivity index (χ2n) is 7.45. The molecule has 2 N–H and O–H groups in total. The summed E-state index contributed by atoms with van der Waals surface area (Å²) < 4.78 is 11.3. The molecule has 0 aliphatic heterocycles. The van der Waals surface area contributed by atoms with Gasteiger partial charge in [-0.05, 0) is 61.9 Å². The van der Waals surface area contributed by atoms with E-state index in [0.717, 1.165) is 5.56 Å². The summed E-state index contributed by atoms with van der Waals surface area (Å²) >= 11 is 6.06. The molecule has 3 aromatic carbocycles. The van der Waals surface area contributed by atoms with Crippen molar-refractivity contribution in [3.05, 3.63) is 88.5 Å². The summed E-state index contributed by atoms with van der Waals surface area (Å²) in [4.78, 5) is 24.8. The Bertz CT molecular complexity index is 1280. The Kier molecular flexibility index (Phi) is 8.88. The summed E-state index contributed by atoms with van der Waals surface area (Å²) in [6, 6.07) is 21.0. The molecule has 0 fully saturated rings. The Labute approximate surface area is 208 Å². The zero-order valence-electron chi connectivity index (χ0n) is 19.3. The third-order valence-electron chi connectivity index (χ3n) is 4.76. The fourth-order valence-corrected chi connectivity index (χ4v) is 3.23. The molecule has 0 saturated carbocycles. The monoisotopic (exact) mass is 489 g/mol. The maximum absolute atomic E-state index is 12.6. The second kappa shape index (κ2) is 12.3. The summed E-state index contributed by atoms with van der Waals surface area (Å²) in [5.41, 5.74) is 2.64. The zero-order chi connectivity index (χ0) is 25.2. The number of aryl methyl sites for hydroxylation is 1. The van der Waals surface area contributed by atoms with Crippen molar-refractivity contribution in [1.82, 2.24) is 0 Å². The van der Waals surface area contributed by atoms with Crippen LogP contribution in [-0.2, 0) is 9.59 Å². The number of carbonyl (C=O) groups excluding carboxylic acids is 2. The SMILES string of the molecule is CCOc1cc(/C=C(/C#N)C(=O)Nc2ccc(C)cc2)ccc1OCC(=O)Nc1ccccc1Cl. The number of ether oxygens (including phenoxy) is 2. The molecule has 0 unspecified atom stereocenters. The number of nitrogens with one attached hydrogen (secondary N) is 2. The standard InChI is InChI=1S/C27H24ClN3O4/c1-3-34-25-15-19(14-20(16-29)27(33)30-21-11-8-18(2)9-12-21)10-13-24(25)35-17-26(32)31-23-7-5-4-6-22(23)28/h4-15H,3,17H2,1-2H3,(H,30,33)(H,31,32)/b20-14-. The van der Waals surface area contributed by atoms with Crippen molar-refractivity contribution in [2.75, 3.05) is 23.8 Å². The van der Waals surface area contributed by atoms with Gasteiger partial charge in [0.1, 0.15) is 11.6 Å². The van der Waals surface area contributed by atoms with Gasteiger partial charge in [-0.2, -0.15) is 5.26 Å². The van der Waals surface area contributed by atoms with Crippen LogP contribution in [0.1, 0.15) is 18.1 Å². The predicted octanol–water partition coefficient (Wildman–Crippen LogP) is 5.61. The molecule has 0 aliphatic rings. The number of nitrogens with zero attached hydrogens (tertiary/aromatic N) is 1. The lowest BCUT2D eigenvalue weighted by Crippen LogP contribution is -2.20. The van der Waals surface area contributed by atoms with Crippen molar-refractivity contribution in [2.45, 2.75) is 13.8 Å². The molecule has 0 spiro atoms. The Morgan fingerprint density at radius 1 is 1.00 bits per heavy atom. The van der Waals surface area contributed by atoms with Gasteiger partial charge in [-0.3, -0.25) is 9.59 Å². The molecule has 0 atom stereocenters. The third-order valence-corrected chi connectivity index (χ3v) is 5.09. The zero-order valence-corrected chi connectivity index (χ0v) is 20.1. The Morgan fingerprint density at radius 2 is 1.74 bits per heavy atom. The fraction of sp³-hybridized carbons (Fsp3) is 0.148. The predicted molar refractivity (Wildman–Crippen MR) is 137 cm³/mol. The number of hydrogen-bond acceptors (Lipinski definition) is 5. The number of para-hydroxylation sites is 1. The average Bonchev–Trinajstić information content (AvgIpc) is 2.85. The van der Waals surface area contributed by atoms with Crippen LogP contribution < -0.4 is 20.1 Å². The number of benzene rings is 3. The Balaban J connectivity index is 1.71. The molecule has 3 aromatic rings. The van der Waals surface area contributed by atoms with Crippen molar-refractivity contribution < 1.29 is 19.1 Å². The molecule has 0 aromatic heterocycles. The lowest BCUT2D eigenvalue weighted by molar-refractivity contribution is -0.118. The number of nitriles is 1. The van der Waals surface area contributed by atoms with Gasteiger partial charge in [-0.15, -0.1) is 0 Å². The molecule has 178 valence electrons. The van der Waals surface area contributed by atoms with Gasteiger partial charge >= 0.3 is 0 Å². The van der Waals surface area contributed by atoms with E-state index < -0.39 is 5.91 Å². The van der Waals surface area contributed by atoms with Gasteiger partial charge in [0, 0.05) is 5.69 Å². The molecule has 0 aliphatic carbocycles. The van der Waals surface area contributed by atoms with Gasteiger partial charge in [0.15, 0.2) is 18.1 Å². The lowest BCUT2D eigenvalue weighted by atomic mass is 10.1. The molecule has 35 heavy (non-hydrogen) atoms. The van der Waals surface area contributed by atoms with Crippen LogP contribution >= 0.6 is 11.6 Å².